The van der Waals surface area contributed by atoms with Crippen LogP contribution in [0.2, 0.25) is 0 Å². The second kappa shape index (κ2) is 5.77. The van der Waals surface area contributed by atoms with Crippen molar-refractivity contribution in [3.05, 3.63) is 23.3 Å². The maximum absolute atomic E-state index is 13.8. The summed E-state index contributed by atoms with van der Waals surface area (Å²) in [4.78, 5) is 2.29. The molecule has 0 unspecified atom stereocenters. The SMILES string of the molecule is CC(F)(F)c1cc2c(cc1CCN1CCNCC1)OCO2. The molecule has 0 aromatic heterocycles. The zero-order valence-electron chi connectivity index (χ0n) is 12.1. The lowest BCUT2D eigenvalue weighted by Gasteiger charge is -2.27. The molecule has 3 rings (SSSR count). The second-order valence-electron chi connectivity index (χ2n) is 5.59. The number of benzene rings is 1. The normalized spacial score (nSPS) is 19.0. The number of ether oxygens (including phenoxy) is 2. The van der Waals surface area contributed by atoms with Gasteiger partial charge in [-0.1, -0.05) is 0 Å². The van der Waals surface area contributed by atoms with E-state index in [4.69, 9.17) is 9.47 Å². The van der Waals surface area contributed by atoms with E-state index in [0.717, 1.165) is 39.6 Å². The van der Waals surface area contributed by atoms with Crippen molar-refractivity contribution in [3.8, 4) is 11.5 Å². The fraction of sp³-hybridized carbons (Fsp3) is 0.600. The van der Waals surface area contributed by atoms with Gasteiger partial charge in [-0.15, -0.1) is 0 Å². The largest absolute Gasteiger partial charge is 0.454 e. The van der Waals surface area contributed by atoms with E-state index in [1.807, 2.05) is 0 Å². The van der Waals surface area contributed by atoms with Crippen LogP contribution < -0.4 is 14.8 Å². The van der Waals surface area contributed by atoms with E-state index in [2.05, 4.69) is 10.2 Å². The van der Waals surface area contributed by atoms with Crippen LogP contribution in [-0.2, 0) is 12.3 Å². The fourth-order valence-electron chi connectivity index (χ4n) is 2.81. The van der Waals surface area contributed by atoms with Crippen LogP contribution >= 0.6 is 0 Å². The van der Waals surface area contributed by atoms with Gasteiger partial charge in [-0.3, -0.25) is 0 Å². The number of fused-ring (bicyclic) bond motifs is 1. The van der Waals surface area contributed by atoms with Gasteiger partial charge >= 0.3 is 0 Å². The molecule has 0 spiro atoms. The Hall–Kier alpha value is -1.40. The van der Waals surface area contributed by atoms with Crippen molar-refractivity contribution in [1.82, 2.24) is 10.2 Å². The summed E-state index contributed by atoms with van der Waals surface area (Å²) in [6.07, 6.45) is 0.593. The van der Waals surface area contributed by atoms with Gasteiger partial charge in [-0.05, 0) is 24.1 Å². The lowest BCUT2D eigenvalue weighted by Crippen LogP contribution is -2.44. The highest BCUT2D eigenvalue weighted by Crippen LogP contribution is 2.40. The molecule has 1 N–H and O–H groups in total. The van der Waals surface area contributed by atoms with Gasteiger partial charge in [0.15, 0.2) is 11.5 Å². The molecule has 21 heavy (non-hydrogen) atoms. The van der Waals surface area contributed by atoms with Crippen molar-refractivity contribution in [3.63, 3.8) is 0 Å². The number of hydrogen-bond donors (Lipinski definition) is 1. The van der Waals surface area contributed by atoms with Gasteiger partial charge in [-0.25, -0.2) is 8.78 Å². The molecule has 0 radical (unpaired) electrons. The van der Waals surface area contributed by atoms with E-state index < -0.39 is 5.92 Å². The van der Waals surface area contributed by atoms with Gasteiger partial charge < -0.3 is 19.7 Å². The van der Waals surface area contributed by atoms with E-state index in [1.165, 1.54) is 6.07 Å². The lowest BCUT2D eigenvalue weighted by atomic mass is 9.98. The van der Waals surface area contributed by atoms with Crippen LogP contribution in [0.15, 0.2) is 12.1 Å². The van der Waals surface area contributed by atoms with Crippen LogP contribution in [0.3, 0.4) is 0 Å². The van der Waals surface area contributed by atoms with Crippen molar-refractivity contribution in [2.24, 2.45) is 0 Å². The van der Waals surface area contributed by atoms with Gasteiger partial charge in [0.2, 0.25) is 6.79 Å². The average molecular weight is 298 g/mol. The van der Waals surface area contributed by atoms with Crippen LogP contribution in [0.5, 0.6) is 11.5 Å². The first-order valence-electron chi connectivity index (χ1n) is 7.28. The predicted octanol–water partition coefficient (Wildman–Crippen LogP) is 1.97. The first kappa shape index (κ1) is 14.5. The number of piperazine rings is 1. The van der Waals surface area contributed by atoms with Gasteiger partial charge in [-0.2, -0.15) is 0 Å². The fourth-order valence-corrected chi connectivity index (χ4v) is 2.81. The van der Waals surface area contributed by atoms with E-state index in [1.54, 1.807) is 6.07 Å². The smallest absolute Gasteiger partial charge is 0.270 e. The summed E-state index contributed by atoms with van der Waals surface area (Å²) in [5.41, 5.74) is 0.687. The highest BCUT2D eigenvalue weighted by atomic mass is 19.3. The third-order valence-corrected chi connectivity index (χ3v) is 3.98. The average Bonchev–Trinajstić information content (AvgIpc) is 2.91. The van der Waals surface area contributed by atoms with Crippen LogP contribution in [-0.4, -0.2) is 44.4 Å². The number of nitrogens with zero attached hydrogens (tertiary/aromatic N) is 1. The van der Waals surface area contributed by atoms with Crippen molar-refractivity contribution in [2.45, 2.75) is 19.3 Å². The predicted molar refractivity (Wildman–Crippen MR) is 75.1 cm³/mol. The Morgan fingerprint density at radius 1 is 1.19 bits per heavy atom. The summed E-state index contributed by atoms with van der Waals surface area (Å²) in [5.74, 6) is -1.89. The van der Waals surface area contributed by atoms with Crippen LogP contribution in [0, 0.1) is 0 Å². The standard InChI is InChI=1S/C15H20F2N2O2/c1-15(16,17)12-9-14-13(20-10-21-14)8-11(12)2-5-19-6-3-18-4-7-19/h8-9,18H,2-7,10H2,1H3. The van der Waals surface area contributed by atoms with Crippen LogP contribution in [0.25, 0.3) is 0 Å². The molecule has 2 aliphatic heterocycles. The Morgan fingerprint density at radius 2 is 1.86 bits per heavy atom. The Bertz CT molecular complexity index is 511. The maximum Gasteiger partial charge on any atom is 0.270 e. The summed E-state index contributed by atoms with van der Waals surface area (Å²) in [7, 11) is 0. The first-order chi connectivity index (χ1) is 10.0. The highest BCUT2D eigenvalue weighted by Gasteiger charge is 2.30. The molecule has 0 saturated carbocycles. The Balaban J connectivity index is 1.79. The number of rotatable bonds is 4. The summed E-state index contributed by atoms with van der Waals surface area (Å²) in [6.45, 7) is 5.65. The Labute approximate surface area is 123 Å². The minimum absolute atomic E-state index is 0.0434. The Kier molecular flexibility index (Phi) is 3.99. The number of halogens is 2. The van der Waals surface area contributed by atoms with Gasteiger partial charge in [0.25, 0.3) is 5.92 Å². The quantitative estimate of drug-likeness (QED) is 0.921. The molecule has 2 heterocycles. The van der Waals surface area contributed by atoms with Crippen molar-refractivity contribution in [1.29, 1.82) is 0 Å². The minimum atomic E-state index is -2.88. The van der Waals surface area contributed by atoms with Crippen LogP contribution in [0.4, 0.5) is 8.78 Å². The molecular weight excluding hydrogens is 278 g/mol. The summed E-state index contributed by atoms with van der Waals surface area (Å²) in [6, 6.07) is 3.13. The molecule has 116 valence electrons. The molecule has 4 nitrogen and oxygen atoms in total. The topological polar surface area (TPSA) is 33.7 Å². The van der Waals surface area contributed by atoms with Gasteiger partial charge in [0.05, 0.1) is 0 Å². The van der Waals surface area contributed by atoms with Crippen LogP contribution in [0.1, 0.15) is 18.1 Å². The monoisotopic (exact) mass is 298 g/mol. The number of hydrogen-bond acceptors (Lipinski definition) is 4. The molecule has 2 aliphatic rings. The molecular formula is C15H20F2N2O2. The van der Waals surface area contributed by atoms with Crippen molar-refractivity contribution < 1.29 is 18.3 Å². The highest BCUT2D eigenvalue weighted by molar-refractivity contribution is 5.50. The zero-order valence-corrected chi connectivity index (χ0v) is 12.1. The molecule has 1 fully saturated rings. The summed E-state index contributed by atoms with van der Waals surface area (Å²) in [5, 5.41) is 3.28. The second-order valence-corrected chi connectivity index (χ2v) is 5.59. The molecule has 1 aromatic rings. The number of alkyl halides is 2. The molecule has 6 heteroatoms. The summed E-state index contributed by atoms with van der Waals surface area (Å²) < 4.78 is 38.2. The lowest BCUT2D eigenvalue weighted by molar-refractivity contribution is 0.0162. The molecule has 0 amide bonds. The van der Waals surface area contributed by atoms with E-state index in [9.17, 15) is 8.78 Å². The molecule has 0 atom stereocenters. The van der Waals surface area contributed by atoms with E-state index >= 15 is 0 Å². The molecule has 0 aliphatic carbocycles. The van der Waals surface area contributed by atoms with Crippen molar-refractivity contribution >= 4 is 0 Å². The van der Waals surface area contributed by atoms with E-state index in [-0.39, 0.29) is 12.4 Å². The first-order valence-corrected chi connectivity index (χ1v) is 7.28. The molecule has 0 bridgehead atoms. The van der Waals surface area contributed by atoms with Gasteiger partial charge in [0, 0.05) is 45.2 Å². The van der Waals surface area contributed by atoms with Gasteiger partial charge in [0.1, 0.15) is 0 Å². The number of nitrogens with one attached hydrogen (secondary N) is 1. The van der Waals surface area contributed by atoms with E-state index in [0.29, 0.717) is 23.5 Å². The molecule has 1 saturated heterocycles. The third kappa shape index (κ3) is 3.27. The third-order valence-electron chi connectivity index (χ3n) is 3.98. The Morgan fingerprint density at radius 3 is 2.52 bits per heavy atom. The maximum atomic E-state index is 13.8. The zero-order chi connectivity index (χ0) is 14.9. The molecule has 1 aromatic carbocycles. The minimum Gasteiger partial charge on any atom is -0.454 e. The summed E-state index contributed by atoms with van der Waals surface area (Å²) >= 11 is 0. The van der Waals surface area contributed by atoms with Crippen molar-refractivity contribution in [2.75, 3.05) is 39.5 Å².